The molecule has 162 valence electrons. The lowest BCUT2D eigenvalue weighted by Gasteiger charge is -2.14. The molecule has 0 aliphatic carbocycles. The molecule has 4 aromatic rings. The van der Waals surface area contributed by atoms with Crippen LogP contribution in [0.1, 0.15) is 33.3 Å². The number of carbonyl (C=O) groups excluding carboxylic acids is 2. The highest BCUT2D eigenvalue weighted by atomic mass is 35.5. The van der Waals surface area contributed by atoms with Crippen molar-refractivity contribution in [1.82, 2.24) is 14.6 Å². The van der Waals surface area contributed by atoms with Gasteiger partial charge in [-0.15, -0.1) is 0 Å². The van der Waals surface area contributed by atoms with Crippen LogP contribution >= 0.6 is 11.6 Å². The molecular weight excluding hydrogens is 445 g/mol. The molecule has 2 aromatic heterocycles. The molecule has 6 nitrogen and oxygen atoms in total. The van der Waals surface area contributed by atoms with Crippen molar-refractivity contribution in [3.63, 3.8) is 0 Å². The number of benzene rings is 2. The summed E-state index contributed by atoms with van der Waals surface area (Å²) in [5.74, 6) is -1.41. The molecule has 0 aliphatic rings. The van der Waals surface area contributed by atoms with Gasteiger partial charge in [-0.25, -0.2) is 9.50 Å². The van der Waals surface area contributed by atoms with Gasteiger partial charge in [-0.1, -0.05) is 41.9 Å². The first kappa shape index (κ1) is 21.5. The Balaban J connectivity index is 2.10. The van der Waals surface area contributed by atoms with Crippen molar-refractivity contribution in [3.8, 4) is 22.4 Å². The summed E-state index contributed by atoms with van der Waals surface area (Å²) in [5, 5.41) is 4.61. The normalized spacial score (nSPS) is 11.7. The summed E-state index contributed by atoms with van der Waals surface area (Å²) >= 11 is 6.36. The number of fused-ring (bicyclic) bond motifs is 1. The summed E-state index contributed by atoms with van der Waals surface area (Å²) in [6.07, 6.45) is -3.09. The maximum Gasteiger partial charge on any atom is 0.416 e. The highest BCUT2D eigenvalue weighted by molar-refractivity contribution is 6.33. The fraction of sp³-hybridized carbons (Fsp3) is 0.0909. The molecule has 2 aromatic carbocycles. The zero-order valence-corrected chi connectivity index (χ0v) is 17.2. The van der Waals surface area contributed by atoms with E-state index in [0.717, 1.165) is 12.1 Å². The minimum atomic E-state index is -4.51. The zero-order valence-electron chi connectivity index (χ0n) is 16.4. The number of ketones is 1. The Kier molecular flexibility index (Phi) is 5.21. The molecule has 2 N–H and O–H groups in total. The van der Waals surface area contributed by atoms with E-state index in [0.29, 0.717) is 27.4 Å². The van der Waals surface area contributed by atoms with Crippen LogP contribution < -0.4 is 5.73 Å². The molecule has 0 atom stereocenters. The highest BCUT2D eigenvalue weighted by Gasteiger charge is 2.31. The maximum atomic E-state index is 13.1. The van der Waals surface area contributed by atoms with Gasteiger partial charge in [-0.05, 0) is 18.2 Å². The third-order valence-corrected chi connectivity index (χ3v) is 5.20. The summed E-state index contributed by atoms with van der Waals surface area (Å²) in [6, 6.07) is 11.2. The fourth-order valence-electron chi connectivity index (χ4n) is 3.43. The molecule has 32 heavy (non-hydrogen) atoms. The Morgan fingerprint density at radius 3 is 2.25 bits per heavy atom. The van der Waals surface area contributed by atoms with Crippen LogP contribution in [0, 0.1) is 0 Å². The van der Waals surface area contributed by atoms with Crippen molar-refractivity contribution in [2.45, 2.75) is 13.1 Å². The minimum Gasteiger partial charge on any atom is -0.365 e. The van der Waals surface area contributed by atoms with Crippen LogP contribution in [0.25, 0.3) is 28.0 Å². The van der Waals surface area contributed by atoms with Crippen LogP contribution in [-0.2, 0) is 6.18 Å². The average molecular weight is 459 g/mol. The lowest BCUT2D eigenvalue weighted by molar-refractivity contribution is -0.137. The molecule has 0 unspecified atom stereocenters. The molecule has 2 heterocycles. The van der Waals surface area contributed by atoms with E-state index in [1.54, 1.807) is 24.3 Å². The zero-order chi connectivity index (χ0) is 23.2. The van der Waals surface area contributed by atoms with Crippen molar-refractivity contribution < 1.29 is 22.8 Å². The van der Waals surface area contributed by atoms with E-state index in [9.17, 15) is 22.8 Å². The first-order chi connectivity index (χ1) is 15.1. The standard InChI is InChI=1S/C22H14ClF3N4O2/c1-11(31)18-17(20(27)32)21-28-10-15(14-4-2-3-5-16(14)23)19(30(21)29-18)12-6-8-13(9-7-12)22(24,25)26/h2-10H,1H3,(H2,27,32). The van der Waals surface area contributed by atoms with Crippen LogP contribution in [0.5, 0.6) is 0 Å². The lowest BCUT2D eigenvalue weighted by Crippen LogP contribution is -2.14. The largest absolute Gasteiger partial charge is 0.416 e. The SMILES string of the molecule is CC(=O)c1nn2c(-c3ccc(C(F)(F)F)cc3)c(-c3ccccc3Cl)cnc2c1C(N)=O. The number of amides is 1. The third kappa shape index (κ3) is 3.60. The van der Waals surface area contributed by atoms with Gasteiger partial charge in [0.1, 0.15) is 11.3 Å². The summed E-state index contributed by atoms with van der Waals surface area (Å²) in [6.45, 7) is 1.22. The van der Waals surface area contributed by atoms with Crippen molar-refractivity contribution >= 4 is 28.9 Å². The molecule has 0 spiro atoms. The lowest BCUT2D eigenvalue weighted by atomic mass is 9.99. The summed E-state index contributed by atoms with van der Waals surface area (Å²) in [7, 11) is 0. The molecule has 4 rings (SSSR count). The van der Waals surface area contributed by atoms with Crippen LogP contribution in [0.4, 0.5) is 13.2 Å². The van der Waals surface area contributed by atoms with Gasteiger partial charge < -0.3 is 5.73 Å². The van der Waals surface area contributed by atoms with Crippen molar-refractivity contribution in [2.75, 3.05) is 0 Å². The molecule has 0 fully saturated rings. The monoisotopic (exact) mass is 458 g/mol. The van der Waals surface area contributed by atoms with E-state index in [2.05, 4.69) is 10.1 Å². The third-order valence-electron chi connectivity index (χ3n) is 4.87. The number of aromatic nitrogens is 3. The predicted octanol–water partition coefficient (Wildman–Crippen LogP) is 5.04. The Morgan fingerprint density at radius 1 is 1.03 bits per heavy atom. The first-order valence-corrected chi connectivity index (χ1v) is 9.62. The summed E-state index contributed by atoms with van der Waals surface area (Å²) < 4.78 is 40.5. The molecule has 0 radical (unpaired) electrons. The number of rotatable bonds is 4. The van der Waals surface area contributed by atoms with Gasteiger partial charge >= 0.3 is 6.18 Å². The van der Waals surface area contributed by atoms with Gasteiger partial charge in [0.05, 0.1) is 11.3 Å². The smallest absolute Gasteiger partial charge is 0.365 e. The second-order valence-corrected chi connectivity index (χ2v) is 7.36. The van der Waals surface area contributed by atoms with Gasteiger partial charge in [0.2, 0.25) is 0 Å². The number of primary amides is 1. The second kappa shape index (κ2) is 7.76. The van der Waals surface area contributed by atoms with Gasteiger partial charge in [-0.3, -0.25) is 9.59 Å². The molecule has 0 saturated heterocycles. The van der Waals surface area contributed by atoms with Crippen LogP contribution in [-0.4, -0.2) is 26.3 Å². The quantitative estimate of drug-likeness (QED) is 0.434. The van der Waals surface area contributed by atoms with E-state index in [1.165, 1.54) is 29.8 Å². The predicted molar refractivity (Wildman–Crippen MR) is 112 cm³/mol. The van der Waals surface area contributed by atoms with Gasteiger partial charge in [0.15, 0.2) is 11.4 Å². The molecule has 0 bridgehead atoms. The van der Waals surface area contributed by atoms with E-state index < -0.39 is 23.4 Å². The van der Waals surface area contributed by atoms with Gasteiger partial charge in [-0.2, -0.15) is 18.3 Å². The van der Waals surface area contributed by atoms with Gasteiger partial charge in [0, 0.05) is 34.8 Å². The Labute approximate surface area is 184 Å². The highest BCUT2D eigenvalue weighted by Crippen LogP contribution is 2.38. The van der Waals surface area contributed by atoms with Crippen LogP contribution in [0.2, 0.25) is 5.02 Å². The number of hydrogen-bond acceptors (Lipinski definition) is 4. The summed E-state index contributed by atoms with van der Waals surface area (Å²) in [5.41, 5.74) is 5.91. The van der Waals surface area contributed by atoms with Crippen molar-refractivity contribution in [3.05, 3.63) is 76.6 Å². The average Bonchev–Trinajstić information content (AvgIpc) is 3.13. The first-order valence-electron chi connectivity index (χ1n) is 9.24. The van der Waals surface area contributed by atoms with Crippen LogP contribution in [0.15, 0.2) is 54.7 Å². The number of hydrogen-bond donors (Lipinski definition) is 1. The Morgan fingerprint density at radius 2 is 1.69 bits per heavy atom. The molecule has 1 amide bonds. The number of nitrogens with two attached hydrogens (primary N) is 1. The number of alkyl halides is 3. The Hall–Kier alpha value is -3.72. The molecule has 0 aliphatic heterocycles. The van der Waals surface area contributed by atoms with E-state index in [1.807, 2.05) is 0 Å². The summed E-state index contributed by atoms with van der Waals surface area (Å²) in [4.78, 5) is 28.4. The molecule has 0 saturated carbocycles. The maximum absolute atomic E-state index is 13.1. The second-order valence-electron chi connectivity index (χ2n) is 6.95. The number of carbonyl (C=O) groups is 2. The minimum absolute atomic E-state index is 0.00778. The number of halogens is 4. The number of nitrogens with zero attached hydrogens (tertiary/aromatic N) is 3. The van der Waals surface area contributed by atoms with E-state index >= 15 is 0 Å². The fourth-order valence-corrected chi connectivity index (χ4v) is 3.67. The van der Waals surface area contributed by atoms with E-state index in [4.69, 9.17) is 17.3 Å². The van der Waals surface area contributed by atoms with Crippen LogP contribution in [0.3, 0.4) is 0 Å². The topological polar surface area (TPSA) is 90.3 Å². The van der Waals surface area contributed by atoms with Crippen molar-refractivity contribution in [2.24, 2.45) is 5.73 Å². The molecular formula is C22H14ClF3N4O2. The van der Waals surface area contributed by atoms with Gasteiger partial charge in [0.25, 0.3) is 5.91 Å². The Bertz CT molecular complexity index is 1380. The van der Waals surface area contributed by atoms with Crippen molar-refractivity contribution in [1.29, 1.82) is 0 Å². The van der Waals surface area contributed by atoms with E-state index in [-0.39, 0.29) is 16.9 Å². The number of Topliss-reactive ketones (excluding diaryl/α,β-unsaturated/α-hetero) is 1. The molecule has 10 heteroatoms.